The van der Waals surface area contributed by atoms with E-state index >= 15 is 0 Å². The highest BCUT2D eigenvalue weighted by atomic mass is 16.5. The average Bonchev–Trinajstić information content (AvgIpc) is 2.82. The summed E-state index contributed by atoms with van der Waals surface area (Å²) < 4.78 is 17.8. The van der Waals surface area contributed by atoms with Crippen molar-refractivity contribution in [2.75, 3.05) is 14.2 Å². The normalized spacial score (nSPS) is 12.6. The first-order chi connectivity index (χ1) is 16.3. The molecule has 0 N–H and O–H groups in total. The second kappa shape index (κ2) is 11.6. The average molecular weight is 460 g/mol. The zero-order valence-electron chi connectivity index (χ0n) is 21.4. The van der Waals surface area contributed by atoms with E-state index in [0.29, 0.717) is 0 Å². The largest absolute Gasteiger partial charge is 0.493 e. The van der Waals surface area contributed by atoms with E-state index in [4.69, 9.17) is 14.2 Å². The Morgan fingerprint density at radius 1 is 0.765 bits per heavy atom. The van der Waals surface area contributed by atoms with E-state index in [1.807, 2.05) is 58.0 Å². The van der Waals surface area contributed by atoms with Crippen LogP contribution >= 0.6 is 0 Å². The van der Waals surface area contributed by atoms with Crippen molar-refractivity contribution in [1.29, 1.82) is 0 Å². The quantitative estimate of drug-likeness (QED) is 0.317. The van der Waals surface area contributed by atoms with Gasteiger partial charge in [-0.15, -0.1) is 0 Å². The van der Waals surface area contributed by atoms with E-state index < -0.39 is 0 Å². The van der Waals surface area contributed by atoms with E-state index in [2.05, 4.69) is 67.5 Å². The van der Waals surface area contributed by atoms with Gasteiger partial charge in [0.05, 0.1) is 25.4 Å². The van der Waals surface area contributed by atoms with Crippen molar-refractivity contribution in [3.63, 3.8) is 0 Å². The molecule has 34 heavy (non-hydrogen) atoms. The van der Waals surface area contributed by atoms with Crippen LogP contribution < -0.4 is 14.2 Å². The molecule has 0 aromatic heterocycles. The van der Waals surface area contributed by atoms with Crippen molar-refractivity contribution >= 4 is 5.57 Å². The van der Waals surface area contributed by atoms with Crippen LogP contribution in [-0.4, -0.2) is 31.3 Å². The van der Waals surface area contributed by atoms with Gasteiger partial charge in [0.25, 0.3) is 0 Å². The fourth-order valence-electron chi connectivity index (χ4n) is 3.81. The molecule has 0 bridgehead atoms. The highest BCUT2D eigenvalue weighted by Crippen LogP contribution is 2.39. The first kappa shape index (κ1) is 25.2. The lowest BCUT2D eigenvalue weighted by Crippen LogP contribution is -2.17. The van der Waals surface area contributed by atoms with E-state index in [1.54, 1.807) is 7.11 Å². The van der Waals surface area contributed by atoms with Gasteiger partial charge in [-0.25, -0.2) is 0 Å². The number of nitrogens with zero attached hydrogens (tertiary/aromatic N) is 1. The minimum absolute atomic E-state index is 0.0130. The SMILES string of the molecule is COc1cccc(/C(=C/N(C)[C@H](C)c2ccccc2)c2ccc(OC(C)C)cc2)c1OC(C)C. The molecule has 0 heterocycles. The molecule has 0 aliphatic carbocycles. The summed E-state index contributed by atoms with van der Waals surface area (Å²) >= 11 is 0. The number of benzene rings is 3. The Balaban J connectivity index is 2.12. The lowest BCUT2D eigenvalue weighted by molar-refractivity contribution is 0.229. The summed E-state index contributed by atoms with van der Waals surface area (Å²) in [5, 5.41) is 0. The zero-order chi connectivity index (χ0) is 24.7. The molecule has 0 spiro atoms. The fourth-order valence-corrected chi connectivity index (χ4v) is 3.81. The summed E-state index contributed by atoms with van der Waals surface area (Å²) in [6.45, 7) is 10.3. The third-order valence-corrected chi connectivity index (χ3v) is 5.61. The van der Waals surface area contributed by atoms with Gasteiger partial charge in [0.2, 0.25) is 0 Å². The molecule has 0 unspecified atom stereocenters. The minimum atomic E-state index is 0.0130. The Labute approximate surface area is 204 Å². The van der Waals surface area contributed by atoms with Gasteiger partial charge in [0.15, 0.2) is 11.5 Å². The minimum Gasteiger partial charge on any atom is -0.493 e. The first-order valence-electron chi connectivity index (χ1n) is 11.9. The second-order valence-electron chi connectivity index (χ2n) is 8.99. The molecule has 3 aromatic rings. The maximum Gasteiger partial charge on any atom is 0.169 e. The van der Waals surface area contributed by atoms with Gasteiger partial charge < -0.3 is 19.1 Å². The Hall–Kier alpha value is -3.40. The zero-order valence-corrected chi connectivity index (χ0v) is 21.4. The summed E-state index contributed by atoms with van der Waals surface area (Å²) in [5.41, 5.74) is 4.37. The number of rotatable bonds is 10. The lowest BCUT2D eigenvalue weighted by atomic mass is 9.96. The van der Waals surface area contributed by atoms with E-state index in [0.717, 1.165) is 33.9 Å². The summed E-state index contributed by atoms with van der Waals surface area (Å²) in [7, 11) is 3.79. The number of methoxy groups -OCH3 is 1. The summed E-state index contributed by atoms with van der Waals surface area (Å²) in [6.07, 6.45) is 2.33. The molecule has 0 amide bonds. The molecule has 1 atom stereocenters. The van der Waals surface area contributed by atoms with Crippen molar-refractivity contribution in [2.45, 2.75) is 52.9 Å². The summed E-state index contributed by atoms with van der Waals surface area (Å²) in [6, 6.07) is 25.0. The molecule has 0 saturated heterocycles. The van der Waals surface area contributed by atoms with Gasteiger partial charge in [-0.05, 0) is 63.9 Å². The number of ether oxygens (including phenoxy) is 3. The van der Waals surface area contributed by atoms with Gasteiger partial charge in [-0.2, -0.15) is 0 Å². The maximum absolute atomic E-state index is 6.26. The van der Waals surface area contributed by atoms with E-state index in [9.17, 15) is 0 Å². The Morgan fingerprint density at radius 3 is 2.00 bits per heavy atom. The molecule has 4 heteroatoms. The van der Waals surface area contributed by atoms with Crippen molar-refractivity contribution in [3.8, 4) is 17.2 Å². The van der Waals surface area contributed by atoms with Crippen molar-refractivity contribution < 1.29 is 14.2 Å². The Morgan fingerprint density at radius 2 is 1.41 bits per heavy atom. The monoisotopic (exact) mass is 459 g/mol. The highest BCUT2D eigenvalue weighted by molar-refractivity contribution is 5.84. The molecule has 3 rings (SSSR count). The molecule has 0 aliphatic heterocycles. The lowest BCUT2D eigenvalue weighted by Gasteiger charge is -2.26. The highest BCUT2D eigenvalue weighted by Gasteiger charge is 2.19. The van der Waals surface area contributed by atoms with Crippen molar-refractivity contribution in [3.05, 3.63) is 95.7 Å². The van der Waals surface area contributed by atoms with Crippen LogP contribution in [0.1, 0.15) is 57.4 Å². The van der Waals surface area contributed by atoms with Gasteiger partial charge in [0.1, 0.15) is 5.75 Å². The molecular weight excluding hydrogens is 422 g/mol. The predicted octanol–water partition coefficient (Wildman–Crippen LogP) is 7.35. The standard InChI is InChI=1S/C30H37NO3/c1-21(2)33-26-18-16-25(17-19-26)28(20-31(6)23(5)24-12-9-8-10-13-24)27-14-11-15-29(32-7)30(27)34-22(3)4/h8-23H,1-7H3/b28-20+/t23-/m1/s1. The van der Waals surface area contributed by atoms with Crippen LogP contribution in [0.5, 0.6) is 17.2 Å². The number of hydrogen-bond acceptors (Lipinski definition) is 4. The van der Waals surface area contributed by atoms with Crippen molar-refractivity contribution in [2.24, 2.45) is 0 Å². The van der Waals surface area contributed by atoms with Crippen molar-refractivity contribution in [1.82, 2.24) is 4.90 Å². The smallest absolute Gasteiger partial charge is 0.169 e. The molecule has 4 nitrogen and oxygen atoms in total. The third kappa shape index (κ3) is 6.34. The van der Waals surface area contributed by atoms with Crippen LogP contribution in [-0.2, 0) is 0 Å². The van der Waals surface area contributed by atoms with Crippen LogP contribution in [0.2, 0.25) is 0 Å². The first-order valence-corrected chi connectivity index (χ1v) is 11.9. The number of para-hydroxylation sites is 1. The molecule has 0 fully saturated rings. The summed E-state index contributed by atoms with van der Waals surface area (Å²) in [4.78, 5) is 2.24. The molecule has 180 valence electrons. The Kier molecular flexibility index (Phi) is 8.64. The van der Waals surface area contributed by atoms with Crippen LogP contribution in [0.4, 0.5) is 0 Å². The summed E-state index contributed by atoms with van der Waals surface area (Å²) in [5.74, 6) is 2.32. The van der Waals surface area contributed by atoms with Crippen LogP contribution in [0.3, 0.4) is 0 Å². The molecular formula is C30H37NO3. The second-order valence-corrected chi connectivity index (χ2v) is 8.99. The molecule has 0 saturated carbocycles. The van der Waals surface area contributed by atoms with Crippen LogP contribution in [0.15, 0.2) is 79.0 Å². The van der Waals surface area contributed by atoms with Crippen LogP contribution in [0, 0.1) is 0 Å². The van der Waals surface area contributed by atoms with Crippen LogP contribution in [0.25, 0.3) is 5.57 Å². The molecule has 0 radical (unpaired) electrons. The van der Waals surface area contributed by atoms with E-state index in [-0.39, 0.29) is 18.2 Å². The van der Waals surface area contributed by atoms with Gasteiger partial charge in [0, 0.05) is 24.4 Å². The van der Waals surface area contributed by atoms with Gasteiger partial charge in [-0.3, -0.25) is 0 Å². The third-order valence-electron chi connectivity index (χ3n) is 5.61. The van der Waals surface area contributed by atoms with Gasteiger partial charge >= 0.3 is 0 Å². The van der Waals surface area contributed by atoms with Gasteiger partial charge in [-0.1, -0.05) is 54.6 Å². The molecule has 3 aromatic carbocycles. The van der Waals surface area contributed by atoms with E-state index in [1.165, 1.54) is 5.56 Å². The fraction of sp³-hybridized carbons (Fsp3) is 0.333. The maximum atomic E-state index is 6.26. The predicted molar refractivity (Wildman–Crippen MR) is 141 cm³/mol. The Bertz CT molecular complexity index is 1070. The number of hydrogen-bond donors (Lipinski definition) is 0. The topological polar surface area (TPSA) is 30.9 Å². The molecule has 0 aliphatic rings.